The summed E-state index contributed by atoms with van der Waals surface area (Å²) >= 11 is 1.54. The van der Waals surface area contributed by atoms with E-state index in [-0.39, 0.29) is 6.61 Å². The van der Waals surface area contributed by atoms with E-state index in [1.165, 1.54) is 23.0 Å². The molecule has 2 aromatic carbocycles. The fourth-order valence-corrected chi connectivity index (χ4v) is 3.58. The summed E-state index contributed by atoms with van der Waals surface area (Å²) < 4.78 is 7.13. The number of carbonyl (C=O) groups excluding carboxylic acids is 1. The maximum atomic E-state index is 12.0. The Morgan fingerprint density at radius 3 is 2.62 bits per heavy atom. The zero-order valence-electron chi connectivity index (χ0n) is 15.6. The second-order valence-electron chi connectivity index (χ2n) is 6.41. The summed E-state index contributed by atoms with van der Waals surface area (Å²) in [6.45, 7) is 0.840. The van der Waals surface area contributed by atoms with Crippen molar-refractivity contribution in [3.05, 3.63) is 101 Å². The molecule has 29 heavy (non-hydrogen) atoms. The molecule has 4 aromatic rings. The molecule has 0 saturated heterocycles. The van der Waals surface area contributed by atoms with Crippen molar-refractivity contribution in [3.8, 4) is 10.6 Å². The first-order valence-corrected chi connectivity index (χ1v) is 10.1. The van der Waals surface area contributed by atoms with Crippen LogP contribution in [0.5, 0.6) is 0 Å². The van der Waals surface area contributed by atoms with Gasteiger partial charge in [0.25, 0.3) is 0 Å². The lowest BCUT2D eigenvalue weighted by Gasteiger charge is -2.00. The van der Waals surface area contributed by atoms with Crippen LogP contribution in [0.25, 0.3) is 16.6 Å². The van der Waals surface area contributed by atoms with Crippen LogP contribution in [-0.2, 0) is 22.7 Å². The van der Waals surface area contributed by atoms with Crippen LogP contribution in [0.2, 0.25) is 0 Å². The Labute approximate surface area is 172 Å². The number of carbonyl (C=O) groups is 1. The number of aromatic nitrogens is 3. The molecule has 0 aliphatic carbocycles. The van der Waals surface area contributed by atoms with Crippen LogP contribution in [0.3, 0.4) is 0 Å². The maximum Gasteiger partial charge on any atom is 0.331 e. The minimum atomic E-state index is -0.407. The van der Waals surface area contributed by atoms with Gasteiger partial charge in [0.05, 0.1) is 18.4 Å². The minimum Gasteiger partial charge on any atom is -0.456 e. The van der Waals surface area contributed by atoms with Crippen LogP contribution in [0.15, 0.2) is 84.5 Å². The fourth-order valence-electron chi connectivity index (χ4n) is 2.77. The zero-order chi connectivity index (χ0) is 19.9. The maximum absolute atomic E-state index is 12.0. The van der Waals surface area contributed by atoms with E-state index in [2.05, 4.69) is 22.2 Å². The second kappa shape index (κ2) is 9.12. The van der Waals surface area contributed by atoms with Crippen molar-refractivity contribution in [2.75, 3.05) is 0 Å². The zero-order valence-corrected chi connectivity index (χ0v) is 16.5. The predicted molar refractivity (Wildman–Crippen MR) is 114 cm³/mol. The highest BCUT2D eigenvalue weighted by Gasteiger charge is 2.06. The monoisotopic (exact) mass is 401 g/mol. The van der Waals surface area contributed by atoms with Crippen LogP contribution in [0.1, 0.15) is 16.8 Å². The van der Waals surface area contributed by atoms with Gasteiger partial charge in [0.15, 0.2) is 0 Å². The molecular formula is C23H19N3O2S. The molecule has 0 aliphatic heterocycles. The predicted octanol–water partition coefficient (Wildman–Crippen LogP) is 4.81. The van der Waals surface area contributed by atoms with Crippen molar-refractivity contribution < 1.29 is 9.53 Å². The van der Waals surface area contributed by atoms with E-state index in [9.17, 15) is 4.79 Å². The molecule has 0 fully saturated rings. The van der Waals surface area contributed by atoms with Gasteiger partial charge in [-0.05, 0) is 11.6 Å². The summed E-state index contributed by atoms with van der Waals surface area (Å²) in [4.78, 5) is 16.5. The Morgan fingerprint density at radius 1 is 1.07 bits per heavy atom. The van der Waals surface area contributed by atoms with Crippen LogP contribution in [0, 0.1) is 0 Å². The number of rotatable bonds is 7. The summed E-state index contributed by atoms with van der Waals surface area (Å²) in [6, 6.07) is 20.0. The van der Waals surface area contributed by atoms with E-state index in [0.717, 1.165) is 21.8 Å². The van der Waals surface area contributed by atoms with E-state index in [0.29, 0.717) is 6.54 Å². The fraction of sp³-hybridized carbons (Fsp3) is 0.0870. The van der Waals surface area contributed by atoms with Gasteiger partial charge in [-0.2, -0.15) is 5.10 Å². The summed E-state index contributed by atoms with van der Waals surface area (Å²) in [7, 11) is 0. The van der Waals surface area contributed by atoms with Crippen LogP contribution >= 0.6 is 11.3 Å². The normalized spacial score (nSPS) is 11.0. The third kappa shape index (κ3) is 5.27. The number of thiazole rings is 1. The summed E-state index contributed by atoms with van der Waals surface area (Å²) in [6.07, 6.45) is 6.73. The van der Waals surface area contributed by atoms with Gasteiger partial charge < -0.3 is 4.74 Å². The Bertz CT molecular complexity index is 1100. The van der Waals surface area contributed by atoms with Gasteiger partial charge in [-0.15, -0.1) is 11.3 Å². The van der Waals surface area contributed by atoms with Gasteiger partial charge in [0, 0.05) is 28.8 Å². The molecular weight excluding hydrogens is 382 g/mol. The van der Waals surface area contributed by atoms with E-state index in [1.54, 1.807) is 12.3 Å². The summed E-state index contributed by atoms with van der Waals surface area (Å²) in [5.74, 6) is -0.407. The minimum absolute atomic E-state index is 0.153. The van der Waals surface area contributed by atoms with Gasteiger partial charge in [-0.25, -0.2) is 9.78 Å². The molecule has 6 heteroatoms. The van der Waals surface area contributed by atoms with Gasteiger partial charge in [0.1, 0.15) is 11.6 Å². The standard InChI is InChI=1S/C23H19N3O2S/c27-22(28-16-21-17-29-23(25-21)20-9-5-2-6-10-20)12-11-19-13-24-26(15-19)14-18-7-3-1-4-8-18/h1-13,15,17H,14,16H2/b12-11+. The Morgan fingerprint density at radius 2 is 1.83 bits per heavy atom. The van der Waals surface area contributed by atoms with Crippen LogP contribution in [0.4, 0.5) is 0 Å². The largest absolute Gasteiger partial charge is 0.456 e. The lowest BCUT2D eigenvalue weighted by molar-refractivity contribution is -0.139. The average Bonchev–Trinajstić information content (AvgIpc) is 3.42. The van der Waals surface area contributed by atoms with Crippen molar-refractivity contribution >= 4 is 23.4 Å². The van der Waals surface area contributed by atoms with Crippen molar-refractivity contribution in [3.63, 3.8) is 0 Å². The van der Waals surface area contributed by atoms with Gasteiger partial charge in [-0.3, -0.25) is 4.68 Å². The second-order valence-corrected chi connectivity index (χ2v) is 7.27. The quantitative estimate of drug-likeness (QED) is 0.329. The summed E-state index contributed by atoms with van der Waals surface area (Å²) in [5, 5.41) is 7.14. The van der Waals surface area contributed by atoms with E-state index >= 15 is 0 Å². The number of hydrogen-bond acceptors (Lipinski definition) is 5. The molecule has 0 spiro atoms. The molecule has 0 saturated carbocycles. The lowest BCUT2D eigenvalue weighted by Crippen LogP contribution is -2.01. The highest BCUT2D eigenvalue weighted by atomic mass is 32.1. The summed E-state index contributed by atoms with van der Waals surface area (Å²) in [5.41, 5.74) is 3.82. The van der Waals surface area contributed by atoms with Gasteiger partial charge in [0.2, 0.25) is 0 Å². The number of hydrogen-bond donors (Lipinski definition) is 0. The highest BCUT2D eigenvalue weighted by molar-refractivity contribution is 7.13. The van der Waals surface area contributed by atoms with Crippen molar-refractivity contribution in [1.29, 1.82) is 0 Å². The highest BCUT2D eigenvalue weighted by Crippen LogP contribution is 2.23. The molecule has 5 nitrogen and oxygen atoms in total. The first-order chi connectivity index (χ1) is 14.3. The van der Waals surface area contributed by atoms with Crippen molar-refractivity contribution in [2.24, 2.45) is 0 Å². The van der Waals surface area contributed by atoms with Gasteiger partial charge in [-0.1, -0.05) is 60.7 Å². The molecule has 0 radical (unpaired) electrons. The first kappa shape index (κ1) is 18.8. The number of benzene rings is 2. The van der Waals surface area contributed by atoms with Crippen LogP contribution in [-0.4, -0.2) is 20.7 Å². The van der Waals surface area contributed by atoms with E-state index in [4.69, 9.17) is 4.74 Å². The molecule has 0 bridgehead atoms. The number of nitrogens with zero attached hydrogens (tertiary/aromatic N) is 3. The molecule has 0 unspecified atom stereocenters. The smallest absolute Gasteiger partial charge is 0.331 e. The Kier molecular flexibility index (Phi) is 5.92. The Balaban J connectivity index is 1.29. The van der Waals surface area contributed by atoms with Crippen molar-refractivity contribution in [2.45, 2.75) is 13.2 Å². The first-order valence-electron chi connectivity index (χ1n) is 9.17. The molecule has 0 N–H and O–H groups in total. The Hall–Kier alpha value is -3.51. The topological polar surface area (TPSA) is 57.0 Å². The third-order valence-corrected chi connectivity index (χ3v) is 5.13. The van der Waals surface area contributed by atoms with E-state index in [1.807, 2.05) is 64.8 Å². The van der Waals surface area contributed by atoms with E-state index < -0.39 is 5.97 Å². The molecule has 4 rings (SSSR count). The molecule has 144 valence electrons. The molecule has 0 aliphatic rings. The van der Waals surface area contributed by atoms with Crippen LogP contribution < -0.4 is 0 Å². The number of esters is 1. The van der Waals surface area contributed by atoms with Crippen molar-refractivity contribution in [1.82, 2.24) is 14.8 Å². The lowest BCUT2D eigenvalue weighted by atomic mass is 10.2. The molecule has 0 atom stereocenters. The molecule has 2 heterocycles. The SMILES string of the molecule is O=C(/C=C/c1cnn(Cc2ccccc2)c1)OCc1csc(-c2ccccc2)n1. The number of ether oxygens (including phenoxy) is 1. The third-order valence-electron chi connectivity index (χ3n) is 4.19. The average molecular weight is 401 g/mol. The molecule has 2 aromatic heterocycles. The molecule has 0 amide bonds. The van der Waals surface area contributed by atoms with Gasteiger partial charge >= 0.3 is 5.97 Å².